The molecule has 2 aromatic heterocycles. The summed E-state index contributed by atoms with van der Waals surface area (Å²) >= 11 is 4.80. The van der Waals surface area contributed by atoms with E-state index in [0.29, 0.717) is 11.5 Å². The SMILES string of the molecule is Cc1cc(CNS(=O)(=O)c2cccnc2C(N)=S)no1. The van der Waals surface area contributed by atoms with Crippen molar-refractivity contribution < 1.29 is 12.9 Å². The van der Waals surface area contributed by atoms with Gasteiger partial charge in [0, 0.05) is 12.3 Å². The molecule has 106 valence electrons. The monoisotopic (exact) mass is 312 g/mol. The topological polar surface area (TPSA) is 111 Å². The number of nitrogens with zero attached hydrogens (tertiary/aromatic N) is 2. The van der Waals surface area contributed by atoms with E-state index >= 15 is 0 Å². The first-order valence-corrected chi connectivity index (χ1v) is 7.46. The van der Waals surface area contributed by atoms with E-state index in [0.717, 1.165) is 0 Å². The van der Waals surface area contributed by atoms with Gasteiger partial charge in [0.1, 0.15) is 21.3 Å². The summed E-state index contributed by atoms with van der Waals surface area (Å²) < 4.78 is 31.7. The average Bonchev–Trinajstić information content (AvgIpc) is 2.82. The van der Waals surface area contributed by atoms with Gasteiger partial charge < -0.3 is 10.3 Å². The first kappa shape index (κ1) is 14.6. The summed E-state index contributed by atoms with van der Waals surface area (Å²) in [5.74, 6) is 0.601. The first-order valence-electron chi connectivity index (χ1n) is 5.57. The number of nitrogens with two attached hydrogens (primary N) is 1. The Kier molecular flexibility index (Phi) is 4.12. The lowest BCUT2D eigenvalue weighted by Gasteiger charge is -2.08. The summed E-state index contributed by atoms with van der Waals surface area (Å²) in [6.45, 7) is 1.72. The van der Waals surface area contributed by atoms with E-state index < -0.39 is 10.0 Å². The summed E-state index contributed by atoms with van der Waals surface area (Å²) in [5.41, 5.74) is 6.01. The van der Waals surface area contributed by atoms with Crippen LogP contribution in [0.4, 0.5) is 0 Å². The average molecular weight is 312 g/mol. The Morgan fingerprint density at radius 2 is 2.30 bits per heavy atom. The Bertz CT molecular complexity index is 740. The van der Waals surface area contributed by atoms with Crippen LogP contribution in [0.3, 0.4) is 0 Å². The molecule has 20 heavy (non-hydrogen) atoms. The standard InChI is InChI=1S/C11H12N4O3S2/c1-7-5-8(15-18-7)6-14-20(16,17)9-3-2-4-13-10(9)11(12)19/h2-5,14H,6H2,1H3,(H2,12,19). The highest BCUT2D eigenvalue weighted by molar-refractivity contribution is 7.89. The minimum Gasteiger partial charge on any atom is -0.388 e. The Balaban J connectivity index is 2.25. The van der Waals surface area contributed by atoms with E-state index in [-0.39, 0.29) is 22.1 Å². The molecule has 0 unspecified atom stereocenters. The van der Waals surface area contributed by atoms with Crippen molar-refractivity contribution in [2.24, 2.45) is 5.73 Å². The minimum absolute atomic E-state index is 0.00530. The highest BCUT2D eigenvalue weighted by atomic mass is 32.2. The van der Waals surface area contributed by atoms with Crippen molar-refractivity contribution in [3.05, 3.63) is 41.5 Å². The molecule has 0 atom stereocenters. The fourth-order valence-corrected chi connectivity index (χ4v) is 2.94. The van der Waals surface area contributed by atoms with Crippen LogP contribution in [0.1, 0.15) is 17.1 Å². The molecule has 0 aromatic carbocycles. The lowest BCUT2D eigenvalue weighted by molar-refractivity contribution is 0.390. The summed E-state index contributed by atoms with van der Waals surface area (Å²) in [6, 6.07) is 4.52. The highest BCUT2D eigenvalue weighted by Crippen LogP contribution is 2.13. The third-order valence-electron chi connectivity index (χ3n) is 2.41. The maximum atomic E-state index is 12.2. The van der Waals surface area contributed by atoms with Gasteiger partial charge >= 0.3 is 0 Å². The fourth-order valence-electron chi connectivity index (χ4n) is 1.54. The van der Waals surface area contributed by atoms with Crippen LogP contribution in [-0.4, -0.2) is 23.5 Å². The van der Waals surface area contributed by atoms with Crippen LogP contribution in [0.2, 0.25) is 0 Å². The molecule has 0 spiro atoms. The van der Waals surface area contributed by atoms with E-state index in [1.807, 2.05) is 0 Å². The summed E-state index contributed by atoms with van der Waals surface area (Å²) in [7, 11) is -3.79. The molecule has 0 saturated heterocycles. The lowest BCUT2D eigenvalue weighted by atomic mass is 10.3. The van der Waals surface area contributed by atoms with Gasteiger partial charge in [0.25, 0.3) is 0 Å². The van der Waals surface area contributed by atoms with Crippen molar-refractivity contribution in [1.82, 2.24) is 14.9 Å². The largest absolute Gasteiger partial charge is 0.388 e. The molecule has 0 amide bonds. The van der Waals surface area contributed by atoms with Crippen molar-refractivity contribution in [2.75, 3.05) is 0 Å². The van der Waals surface area contributed by atoms with Gasteiger partial charge in [-0.25, -0.2) is 13.1 Å². The van der Waals surface area contributed by atoms with E-state index in [9.17, 15) is 8.42 Å². The minimum atomic E-state index is -3.79. The maximum absolute atomic E-state index is 12.2. The lowest BCUT2D eigenvalue weighted by Crippen LogP contribution is -2.27. The van der Waals surface area contributed by atoms with Gasteiger partial charge in [-0.3, -0.25) is 4.98 Å². The van der Waals surface area contributed by atoms with Crippen LogP contribution in [-0.2, 0) is 16.6 Å². The quantitative estimate of drug-likeness (QED) is 0.773. The molecule has 0 radical (unpaired) electrons. The summed E-state index contributed by atoms with van der Waals surface area (Å²) in [4.78, 5) is 3.74. The highest BCUT2D eigenvalue weighted by Gasteiger charge is 2.20. The van der Waals surface area contributed by atoms with E-state index in [2.05, 4.69) is 14.9 Å². The van der Waals surface area contributed by atoms with Crippen LogP contribution in [0.15, 0.2) is 33.8 Å². The number of thiocarbonyl (C=S) groups is 1. The van der Waals surface area contributed by atoms with Crippen molar-refractivity contribution >= 4 is 27.2 Å². The van der Waals surface area contributed by atoms with Gasteiger partial charge in [0.15, 0.2) is 0 Å². The number of pyridine rings is 1. The molecule has 0 fully saturated rings. The molecule has 7 nitrogen and oxygen atoms in total. The predicted molar refractivity (Wildman–Crippen MR) is 75.4 cm³/mol. The number of hydrogen-bond acceptors (Lipinski definition) is 6. The van der Waals surface area contributed by atoms with Crippen LogP contribution >= 0.6 is 12.2 Å². The van der Waals surface area contributed by atoms with Crippen LogP contribution in [0.25, 0.3) is 0 Å². The van der Waals surface area contributed by atoms with Crippen LogP contribution in [0.5, 0.6) is 0 Å². The van der Waals surface area contributed by atoms with Crippen molar-refractivity contribution in [1.29, 1.82) is 0 Å². The van der Waals surface area contributed by atoms with E-state index in [4.69, 9.17) is 22.5 Å². The molecule has 2 aromatic rings. The first-order chi connectivity index (χ1) is 9.40. The number of aryl methyl sites for hydroxylation is 1. The Hall–Kier alpha value is -1.84. The molecule has 3 N–H and O–H groups in total. The zero-order valence-electron chi connectivity index (χ0n) is 10.5. The number of sulfonamides is 1. The molecule has 0 aliphatic rings. The fraction of sp³-hybridized carbons (Fsp3) is 0.182. The molecule has 0 bridgehead atoms. The number of aromatic nitrogens is 2. The Morgan fingerprint density at radius 3 is 2.90 bits per heavy atom. The summed E-state index contributed by atoms with van der Waals surface area (Å²) in [5, 5.41) is 3.70. The van der Waals surface area contributed by atoms with Crippen molar-refractivity contribution in [3.8, 4) is 0 Å². The third-order valence-corrected chi connectivity index (χ3v) is 4.04. The molecule has 9 heteroatoms. The molecule has 0 aliphatic heterocycles. The van der Waals surface area contributed by atoms with Gasteiger partial charge in [-0.1, -0.05) is 17.4 Å². The molecule has 0 saturated carbocycles. The molecular formula is C11H12N4O3S2. The van der Waals surface area contributed by atoms with Crippen LogP contribution in [0, 0.1) is 6.92 Å². The second kappa shape index (κ2) is 5.65. The van der Waals surface area contributed by atoms with Gasteiger partial charge in [0.2, 0.25) is 10.0 Å². The molecular weight excluding hydrogens is 300 g/mol. The summed E-state index contributed by atoms with van der Waals surface area (Å²) in [6.07, 6.45) is 1.43. The normalized spacial score (nSPS) is 11.4. The van der Waals surface area contributed by atoms with Gasteiger partial charge in [-0.05, 0) is 19.1 Å². The zero-order chi connectivity index (χ0) is 14.8. The second-order valence-corrected chi connectivity index (χ2v) is 6.14. The maximum Gasteiger partial charge on any atom is 0.243 e. The zero-order valence-corrected chi connectivity index (χ0v) is 12.2. The predicted octanol–water partition coefficient (Wildman–Crippen LogP) is 0.491. The van der Waals surface area contributed by atoms with Crippen molar-refractivity contribution in [3.63, 3.8) is 0 Å². The van der Waals surface area contributed by atoms with Gasteiger partial charge in [0.05, 0.1) is 12.2 Å². The second-order valence-electron chi connectivity index (χ2n) is 3.97. The Morgan fingerprint density at radius 1 is 1.55 bits per heavy atom. The van der Waals surface area contributed by atoms with E-state index in [1.165, 1.54) is 18.3 Å². The van der Waals surface area contributed by atoms with Crippen LogP contribution < -0.4 is 10.5 Å². The number of hydrogen-bond donors (Lipinski definition) is 2. The van der Waals surface area contributed by atoms with E-state index in [1.54, 1.807) is 13.0 Å². The third kappa shape index (κ3) is 3.18. The van der Waals surface area contributed by atoms with Gasteiger partial charge in [-0.2, -0.15) is 0 Å². The molecule has 0 aliphatic carbocycles. The molecule has 2 heterocycles. The Labute approximate surface area is 121 Å². The number of rotatable bonds is 5. The molecule has 2 rings (SSSR count). The smallest absolute Gasteiger partial charge is 0.243 e. The van der Waals surface area contributed by atoms with Crippen molar-refractivity contribution in [2.45, 2.75) is 18.4 Å². The van der Waals surface area contributed by atoms with Gasteiger partial charge in [-0.15, -0.1) is 0 Å². The number of nitrogens with one attached hydrogen (secondary N) is 1.